The van der Waals surface area contributed by atoms with Crippen LogP contribution in [0.25, 0.3) is 0 Å². The average Bonchev–Trinajstić information content (AvgIpc) is 3.33. The zero-order valence-corrected chi connectivity index (χ0v) is 15.5. The van der Waals surface area contributed by atoms with E-state index in [0.717, 1.165) is 12.5 Å². The molecular weight excluding hydrogens is 366 g/mol. The number of imide groups is 1. The first-order valence-electron chi connectivity index (χ1n) is 9.41. The van der Waals surface area contributed by atoms with Crippen molar-refractivity contribution < 1.29 is 18.4 Å². The van der Waals surface area contributed by atoms with Crippen molar-refractivity contribution in [2.24, 2.45) is 28.7 Å². The average molecular weight is 388 g/mol. The van der Waals surface area contributed by atoms with Crippen molar-refractivity contribution >= 4 is 17.8 Å². The molecule has 1 aromatic rings. The van der Waals surface area contributed by atoms with Gasteiger partial charge in [0.1, 0.15) is 11.6 Å². The molecule has 2 bridgehead atoms. The van der Waals surface area contributed by atoms with Gasteiger partial charge < -0.3 is 10.6 Å². The van der Waals surface area contributed by atoms with Gasteiger partial charge in [0, 0.05) is 32.7 Å². The molecule has 2 amide bonds. The number of aliphatic imine (C=N–C) groups is 1. The number of carbonyl (C=O) groups excluding carboxylic acids is 2. The maximum Gasteiger partial charge on any atom is 0.233 e. The number of rotatable bonds is 5. The molecule has 4 rings (SSSR count). The van der Waals surface area contributed by atoms with Gasteiger partial charge in [-0.2, -0.15) is 0 Å². The van der Waals surface area contributed by atoms with Gasteiger partial charge in [-0.05, 0) is 36.0 Å². The Labute approximate surface area is 161 Å². The number of benzene rings is 1. The minimum Gasteiger partial charge on any atom is -0.355 e. The smallest absolute Gasteiger partial charge is 0.233 e. The third-order valence-corrected chi connectivity index (χ3v) is 5.80. The summed E-state index contributed by atoms with van der Waals surface area (Å²) in [6.07, 6.45) is 5.05. The third-order valence-electron chi connectivity index (χ3n) is 5.80. The second-order valence-corrected chi connectivity index (χ2v) is 7.46. The molecule has 2 N–H and O–H groups in total. The normalized spacial score (nSPS) is 28.2. The lowest BCUT2D eigenvalue weighted by molar-refractivity contribution is -0.140. The van der Waals surface area contributed by atoms with Crippen LogP contribution in [0.3, 0.4) is 0 Å². The number of allylic oxidation sites excluding steroid dienone is 2. The summed E-state index contributed by atoms with van der Waals surface area (Å²) in [6.45, 7) is 0.797. The van der Waals surface area contributed by atoms with Gasteiger partial charge in [0.15, 0.2) is 5.96 Å². The van der Waals surface area contributed by atoms with E-state index < -0.39 is 11.6 Å². The number of amides is 2. The Kier molecular flexibility index (Phi) is 4.87. The SMILES string of the molecule is CN=C(NCCN1C(=O)C2C3C=CC(C3)C2C1=O)NCc1cc(F)cc(F)c1. The Morgan fingerprint density at radius 2 is 1.68 bits per heavy atom. The summed E-state index contributed by atoms with van der Waals surface area (Å²) < 4.78 is 26.5. The molecule has 2 fully saturated rings. The first-order chi connectivity index (χ1) is 13.5. The van der Waals surface area contributed by atoms with E-state index in [1.165, 1.54) is 17.0 Å². The van der Waals surface area contributed by atoms with Crippen LogP contribution in [0, 0.1) is 35.3 Å². The van der Waals surface area contributed by atoms with Crippen LogP contribution >= 0.6 is 0 Å². The summed E-state index contributed by atoms with van der Waals surface area (Å²) in [7, 11) is 1.57. The van der Waals surface area contributed by atoms with E-state index in [4.69, 9.17) is 0 Å². The Bertz CT molecular complexity index is 820. The van der Waals surface area contributed by atoms with Crippen LogP contribution in [0.2, 0.25) is 0 Å². The van der Waals surface area contributed by atoms with Crippen molar-refractivity contribution in [1.82, 2.24) is 15.5 Å². The second-order valence-electron chi connectivity index (χ2n) is 7.46. The highest BCUT2D eigenvalue weighted by atomic mass is 19.1. The van der Waals surface area contributed by atoms with E-state index in [0.29, 0.717) is 18.1 Å². The first kappa shape index (κ1) is 18.6. The highest BCUT2D eigenvalue weighted by Crippen LogP contribution is 2.52. The molecule has 1 saturated heterocycles. The van der Waals surface area contributed by atoms with E-state index >= 15 is 0 Å². The fourth-order valence-electron chi connectivity index (χ4n) is 4.59. The molecule has 1 aliphatic heterocycles. The van der Waals surface area contributed by atoms with Crippen molar-refractivity contribution in [2.75, 3.05) is 20.1 Å². The molecule has 4 unspecified atom stereocenters. The Morgan fingerprint density at radius 1 is 1.07 bits per heavy atom. The van der Waals surface area contributed by atoms with E-state index in [1.807, 2.05) is 0 Å². The molecule has 1 aromatic carbocycles. The predicted molar refractivity (Wildman–Crippen MR) is 99.0 cm³/mol. The highest BCUT2D eigenvalue weighted by molar-refractivity contribution is 6.06. The molecule has 0 aromatic heterocycles. The number of halogens is 2. The van der Waals surface area contributed by atoms with Crippen molar-refractivity contribution in [3.8, 4) is 0 Å². The molecule has 8 heteroatoms. The quantitative estimate of drug-likeness (QED) is 0.347. The highest BCUT2D eigenvalue weighted by Gasteiger charge is 2.58. The molecule has 0 radical (unpaired) electrons. The Hall–Kier alpha value is -2.77. The fourth-order valence-corrected chi connectivity index (χ4v) is 4.59. The molecular formula is C20H22F2N4O2. The lowest BCUT2D eigenvalue weighted by Gasteiger charge is -2.18. The van der Waals surface area contributed by atoms with E-state index in [9.17, 15) is 18.4 Å². The van der Waals surface area contributed by atoms with Gasteiger partial charge in [-0.25, -0.2) is 8.78 Å². The second kappa shape index (κ2) is 7.33. The van der Waals surface area contributed by atoms with E-state index in [2.05, 4.69) is 27.8 Å². The number of guanidine groups is 1. The monoisotopic (exact) mass is 388 g/mol. The van der Waals surface area contributed by atoms with E-state index in [1.54, 1.807) is 7.05 Å². The van der Waals surface area contributed by atoms with Crippen LogP contribution in [0.15, 0.2) is 35.3 Å². The molecule has 6 nitrogen and oxygen atoms in total. The van der Waals surface area contributed by atoms with Crippen molar-refractivity contribution in [1.29, 1.82) is 0 Å². The Balaban J connectivity index is 1.28. The lowest BCUT2D eigenvalue weighted by Crippen LogP contribution is -2.43. The number of nitrogens with one attached hydrogen (secondary N) is 2. The number of hydrogen-bond acceptors (Lipinski definition) is 3. The molecule has 3 aliphatic rings. The number of nitrogens with zero attached hydrogens (tertiary/aromatic N) is 2. The summed E-state index contributed by atoms with van der Waals surface area (Å²) in [5.74, 6) is -0.995. The molecule has 1 heterocycles. The van der Waals surface area contributed by atoms with Gasteiger partial charge in [-0.1, -0.05) is 12.2 Å². The topological polar surface area (TPSA) is 73.8 Å². The summed E-state index contributed by atoms with van der Waals surface area (Å²) >= 11 is 0. The molecule has 28 heavy (non-hydrogen) atoms. The molecule has 1 saturated carbocycles. The van der Waals surface area contributed by atoms with Crippen molar-refractivity contribution in [2.45, 2.75) is 13.0 Å². The minimum absolute atomic E-state index is 0.0770. The third kappa shape index (κ3) is 3.27. The number of carbonyl (C=O) groups is 2. The van der Waals surface area contributed by atoms with Gasteiger partial charge >= 0.3 is 0 Å². The lowest BCUT2D eigenvalue weighted by atomic mass is 9.85. The number of likely N-dealkylation sites (tertiary alicyclic amines) is 1. The minimum atomic E-state index is -0.639. The van der Waals surface area contributed by atoms with Crippen molar-refractivity contribution in [3.05, 3.63) is 47.5 Å². The van der Waals surface area contributed by atoms with Gasteiger partial charge in [0.05, 0.1) is 11.8 Å². The van der Waals surface area contributed by atoms with Crippen LogP contribution < -0.4 is 10.6 Å². The van der Waals surface area contributed by atoms with Crippen LogP contribution in [0.5, 0.6) is 0 Å². The fraction of sp³-hybridized carbons (Fsp3) is 0.450. The molecule has 4 atom stereocenters. The van der Waals surface area contributed by atoms with Crippen LogP contribution in [-0.4, -0.2) is 42.8 Å². The molecule has 148 valence electrons. The maximum atomic E-state index is 13.3. The molecule has 0 spiro atoms. The van der Waals surface area contributed by atoms with Crippen LogP contribution in [0.4, 0.5) is 8.78 Å². The zero-order chi connectivity index (χ0) is 19.8. The van der Waals surface area contributed by atoms with Gasteiger partial charge in [0.25, 0.3) is 0 Å². The standard InChI is InChI=1S/C20H22F2N4O2/c1-23-20(25-10-11-6-14(21)9-15(22)7-11)24-4-5-26-18(27)16-12-2-3-13(8-12)17(16)19(26)28/h2-3,6-7,9,12-13,16-17H,4-5,8,10H2,1H3,(H2,23,24,25). The number of fused-ring (bicyclic) bond motifs is 5. The van der Waals surface area contributed by atoms with Crippen molar-refractivity contribution in [3.63, 3.8) is 0 Å². The van der Waals surface area contributed by atoms with Gasteiger partial charge in [-0.3, -0.25) is 19.5 Å². The zero-order valence-electron chi connectivity index (χ0n) is 15.5. The molecule has 2 aliphatic carbocycles. The summed E-state index contributed by atoms with van der Waals surface area (Å²) in [5.41, 5.74) is 0.446. The summed E-state index contributed by atoms with van der Waals surface area (Å²) in [6, 6.07) is 3.30. The summed E-state index contributed by atoms with van der Waals surface area (Å²) in [5, 5.41) is 5.99. The predicted octanol–water partition coefficient (Wildman–Crippen LogP) is 1.44. The van der Waals surface area contributed by atoms with Crippen LogP contribution in [-0.2, 0) is 16.1 Å². The Morgan fingerprint density at radius 3 is 2.25 bits per heavy atom. The summed E-state index contributed by atoms with van der Waals surface area (Å²) in [4.78, 5) is 30.7. The van der Waals surface area contributed by atoms with Gasteiger partial charge in [-0.15, -0.1) is 0 Å². The van der Waals surface area contributed by atoms with E-state index in [-0.39, 0.29) is 48.6 Å². The largest absolute Gasteiger partial charge is 0.355 e. The van der Waals surface area contributed by atoms with Crippen LogP contribution in [0.1, 0.15) is 12.0 Å². The first-order valence-corrected chi connectivity index (χ1v) is 9.41. The van der Waals surface area contributed by atoms with Gasteiger partial charge in [0.2, 0.25) is 11.8 Å². The number of hydrogen-bond donors (Lipinski definition) is 2. The maximum absolute atomic E-state index is 13.3.